The van der Waals surface area contributed by atoms with Gasteiger partial charge in [0.15, 0.2) is 5.78 Å². The van der Waals surface area contributed by atoms with E-state index in [1.807, 2.05) is 6.92 Å². The third kappa shape index (κ3) is 5.33. The highest BCUT2D eigenvalue weighted by atomic mass is 16.5. The molecule has 1 aliphatic heterocycles. The highest BCUT2D eigenvalue weighted by Crippen LogP contribution is 2.27. The van der Waals surface area contributed by atoms with Crippen LogP contribution in [-0.4, -0.2) is 51.9 Å². The van der Waals surface area contributed by atoms with E-state index in [1.54, 1.807) is 13.0 Å². The number of cyclic esters (lactones) is 1. The molecule has 27 heavy (non-hydrogen) atoms. The number of fused-ring (bicyclic) bond motifs is 1. The van der Waals surface area contributed by atoms with Gasteiger partial charge in [0.25, 0.3) is 0 Å². The number of ketones is 1. The molecule has 0 fully saturated rings. The smallest absolute Gasteiger partial charge is 0.343 e. The number of carbonyl (C=O) groups excluding carboxylic acids is 2. The standard InChI is InChI=1S/C20H23NO6/c1-3-21-14-10-13-7-5-9-16(23)19(25)15(22)8-4-6-12(2)27-20(26)18(13)17(24)11-14/h4,8,10-12,16,19,21,23-25H,3,6,9H2,1-2H3/b8-4-. The summed E-state index contributed by atoms with van der Waals surface area (Å²) in [6.45, 7) is 4.12. The van der Waals surface area contributed by atoms with Gasteiger partial charge in [0.2, 0.25) is 0 Å². The van der Waals surface area contributed by atoms with E-state index in [1.165, 1.54) is 12.1 Å². The summed E-state index contributed by atoms with van der Waals surface area (Å²) in [4.78, 5) is 24.3. The second-order valence-electron chi connectivity index (χ2n) is 6.22. The molecule has 2 rings (SSSR count). The van der Waals surface area contributed by atoms with E-state index in [0.29, 0.717) is 12.2 Å². The van der Waals surface area contributed by atoms with Crippen LogP contribution in [0.1, 0.15) is 42.6 Å². The first kappa shape index (κ1) is 20.5. The van der Waals surface area contributed by atoms with Crippen LogP contribution < -0.4 is 5.32 Å². The van der Waals surface area contributed by atoms with Crippen LogP contribution in [0.2, 0.25) is 0 Å². The number of esters is 1. The molecule has 1 heterocycles. The third-order valence-electron chi connectivity index (χ3n) is 3.95. The van der Waals surface area contributed by atoms with Crippen molar-refractivity contribution in [3.63, 3.8) is 0 Å². The van der Waals surface area contributed by atoms with Gasteiger partial charge in [-0.05, 0) is 26.0 Å². The number of aliphatic hydroxyl groups is 2. The highest BCUT2D eigenvalue weighted by Gasteiger charge is 2.23. The van der Waals surface area contributed by atoms with Gasteiger partial charge < -0.3 is 25.4 Å². The lowest BCUT2D eigenvalue weighted by Gasteiger charge is -2.16. The van der Waals surface area contributed by atoms with Crippen LogP contribution in [0.5, 0.6) is 5.75 Å². The van der Waals surface area contributed by atoms with E-state index in [9.17, 15) is 24.9 Å². The fourth-order valence-electron chi connectivity index (χ4n) is 2.56. The number of carbonyl (C=O) groups is 2. The number of hydrogen-bond donors (Lipinski definition) is 4. The zero-order valence-electron chi connectivity index (χ0n) is 15.2. The molecule has 0 radical (unpaired) electrons. The minimum absolute atomic E-state index is 0.0665. The minimum Gasteiger partial charge on any atom is -0.507 e. The predicted molar refractivity (Wildman–Crippen MR) is 99.4 cm³/mol. The summed E-state index contributed by atoms with van der Waals surface area (Å²) in [5.74, 6) is 3.71. The van der Waals surface area contributed by atoms with Crippen LogP contribution in [-0.2, 0) is 9.53 Å². The quantitative estimate of drug-likeness (QED) is 0.457. The third-order valence-corrected chi connectivity index (χ3v) is 3.95. The molecule has 3 unspecified atom stereocenters. The first-order valence-corrected chi connectivity index (χ1v) is 8.70. The van der Waals surface area contributed by atoms with Gasteiger partial charge in [-0.2, -0.15) is 0 Å². The normalized spacial score (nSPS) is 24.7. The summed E-state index contributed by atoms with van der Waals surface area (Å²) in [6, 6.07) is 3.01. The average Bonchev–Trinajstić information content (AvgIpc) is 2.59. The molecule has 0 aliphatic carbocycles. The molecule has 0 bridgehead atoms. The Morgan fingerprint density at radius 1 is 1.30 bits per heavy atom. The molecule has 4 N–H and O–H groups in total. The zero-order chi connectivity index (χ0) is 20.0. The van der Waals surface area contributed by atoms with Crippen LogP contribution in [0.15, 0.2) is 24.3 Å². The summed E-state index contributed by atoms with van der Waals surface area (Å²) in [5.41, 5.74) is 0.732. The minimum atomic E-state index is -1.59. The largest absolute Gasteiger partial charge is 0.507 e. The number of aromatic hydroxyl groups is 1. The van der Waals surface area contributed by atoms with Crippen LogP contribution in [0, 0.1) is 11.8 Å². The van der Waals surface area contributed by atoms with Crippen LogP contribution >= 0.6 is 0 Å². The molecule has 1 aromatic rings. The van der Waals surface area contributed by atoms with Crippen molar-refractivity contribution in [2.24, 2.45) is 0 Å². The maximum Gasteiger partial charge on any atom is 0.343 e. The first-order chi connectivity index (χ1) is 12.8. The molecule has 0 saturated heterocycles. The molecule has 0 spiro atoms. The topological polar surface area (TPSA) is 116 Å². The summed E-state index contributed by atoms with van der Waals surface area (Å²) in [5, 5.41) is 33.1. The average molecular weight is 373 g/mol. The number of phenolic OH excluding ortho intramolecular Hbond substituents is 1. The van der Waals surface area contributed by atoms with Gasteiger partial charge in [-0.15, -0.1) is 0 Å². The van der Waals surface area contributed by atoms with Crippen molar-refractivity contribution in [2.75, 3.05) is 11.9 Å². The monoisotopic (exact) mass is 373 g/mol. The Balaban J connectivity index is 2.48. The molecule has 0 saturated carbocycles. The van der Waals surface area contributed by atoms with Crippen molar-refractivity contribution >= 4 is 17.4 Å². The summed E-state index contributed by atoms with van der Waals surface area (Å²) in [6.07, 6.45) is -0.864. The van der Waals surface area contributed by atoms with Gasteiger partial charge in [-0.25, -0.2) is 4.79 Å². The number of rotatable bonds is 2. The number of benzene rings is 1. The number of anilines is 1. The summed E-state index contributed by atoms with van der Waals surface area (Å²) >= 11 is 0. The van der Waals surface area contributed by atoms with Crippen molar-refractivity contribution in [1.29, 1.82) is 0 Å². The number of hydrogen-bond acceptors (Lipinski definition) is 7. The second-order valence-corrected chi connectivity index (χ2v) is 6.22. The molecule has 7 nitrogen and oxygen atoms in total. The van der Waals surface area contributed by atoms with E-state index in [4.69, 9.17) is 4.74 Å². The number of phenols is 1. The number of ether oxygens (including phenoxy) is 1. The Kier molecular flexibility index (Phi) is 6.99. The van der Waals surface area contributed by atoms with Crippen LogP contribution in [0.3, 0.4) is 0 Å². The number of nitrogens with one attached hydrogen (secondary N) is 1. The first-order valence-electron chi connectivity index (χ1n) is 8.70. The molecule has 1 aromatic carbocycles. The zero-order valence-corrected chi connectivity index (χ0v) is 15.2. The highest BCUT2D eigenvalue weighted by molar-refractivity contribution is 5.96. The van der Waals surface area contributed by atoms with E-state index in [2.05, 4.69) is 17.2 Å². The van der Waals surface area contributed by atoms with Crippen molar-refractivity contribution in [3.8, 4) is 17.6 Å². The van der Waals surface area contributed by atoms with Crippen LogP contribution in [0.4, 0.5) is 5.69 Å². The maximum atomic E-state index is 12.5. The van der Waals surface area contributed by atoms with Crippen LogP contribution in [0.25, 0.3) is 0 Å². The van der Waals surface area contributed by atoms with Gasteiger partial charge in [0, 0.05) is 36.7 Å². The lowest BCUT2D eigenvalue weighted by molar-refractivity contribution is -0.127. The maximum absolute atomic E-state index is 12.5. The molecule has 1 aliphatic rings. The molecule has 3 atom stereocenters. The van der Waals surface area contributed by atoms with E-state index >= 15 is 0 Å². The van der Waals surface area contributed by atoms with Crippen molar-refractivity contribution < 1.29 is 29.6 Å². The molecule has 144 valence electrons. The molecule has 0 aromatic heterocycles. The summed E-state index contributed by atoms with van der Waals surface area (Å²) < 4.78 is 5.32. The van der Waals surface area contributed by atoms with E-state index in [-0.39, 0.29) is 29.7 Å². The van der Waals surface area contributed by atoms with Crippen molar-refractivity contribution in [3.05, 3.63) is 35.4 Å². The van der Waals surface area contributed by atoms with Gasteiger partial charge in [0.1, 0.15) is 23.5 Å². The Hall–Kier alpha value is -2.82. The van der Waals surface area contributed by atoms with Gasteiger partial charge in [0.05, 0.1) is 6.10 Å². The van der Waals surface area contributed by atoms with Gasteiger partial charge >= 0.3 is 5.97 Å². The molecule has 0 amide bonds. The second kappa shape index (κ2) is 9.21. The van der Waals surface area contributed by atoms with E-state index < -0.39 is 30.1 Å². The Bertz CT molecular complexity index is 805. The fraction of sp³-hybridized carbons (Fsp3) is 0.400. The number of aliphatic hydroxyl groups excluding tert-OH is 2. The van der Waals surface area contributed by atoms with Gasteiger partial charge in [-0.1, -0.05) is 17.9 Å². The fourth-order valence-corrected chi connectivity index (χ4v) is 2.56. The van der Waals surface area contributed by atoms with E-state index in [0.717, 1.165) is 6.08 Å². The van der Waals surface area contributed by atoms with Crippen molar-refractivity contribution in [1.82, 2.24) is 0 Å². The van der Waals surface area contributed by atoms with Gasteiger partial charge in [-0.3, -0.25) is 4.79 Å². The SMILES string of the molecule is CCNc1cc(O)c2c(c1)C#CCC(O)C(O)C(=O)/C=C\CC(C)OC2=O. The Morgan fingerprint density at radius 2 is 2.04 bits per heavy atom. The van der Waals surface area contributed by atoms with Crippen molar-refractivity contribution in [2.45, 2.75) is 45.0 Å². The molecule has 7 heteroatoms. The molecular weight excluding hydrogens is 350 g/mol. The lowest BCUT2D eigenvalue weighted by atomic mass is 10.0. The summed E-state index contributed by atoms with van der Waals surface area (Å²) in [7, 11) is 0. The lowest BCUT2D eigenvalue weighted by Crippen LogP contribution is -2.32. The molecular formula is C20H23NO6. The Morgan fingerprint density at radius 3 is 2.74 bits per heavy atom. The predicted octanol–water partition coefficient (Wildman–Crippen LogP) is 1.36. The Labute approximate surface area is 157 Å².